The first kappa shape index (κ1) is 14.5. The number of hydrogen-bond acceptors (Lipinski definition) is 3. The van der Waals surface area contributed by atoms with Crippen LogP contribution in [0.4, 0.5) is 5.69 Å². The van der Waals surface area contributed by atoms with Crippen molar-refractivity contribution in [2.45, 2.75) is 20.0 Å². The van der Waals surface area contributed by atoms with E-state index in [4.69, 9.17) is 16.7 Å². The second-order valence-corrected chi connectivity index (χ2v) is 4.38. The third-order valence-electron chi connectivity index (χ3n) is 2.19. The largest absolute Gasteiger partial charge is 0.392 e. The number of aliphatic hydroxyl groups is 1. The third kappa shape index (κ3) is 4.35. The maximum atomic E-state index is 11.5. The van der Waals surface area contributed by atoms with Gasteiger partial charge in [-0.15, -0.1) is 0 Å². The summed E-state index contributed by atoms with van der Waals surface area (Å²) in [5, 5.41) is 14.2. The molecule has 18 heavy (non-hydrogen) atoms. The molecule has 6 heteroatoms. The number of hydrogen-bond donors (Lipinski definition) is 3. The predicted octanol–water partition coefficient (Wildman–Crippen LogP) is 1.08. The Kier molecular flexibility index (Phi) is 5.12. The zero-order valence-corrected chi connectivity index (χ0v) is 10.9. The zero-order valence-electron chi connectivity index (χ0n) is 10.2. The van der Waals surface area contributed by atoms with E-state index in [0.717, 1.165) is 5.56 Å². The van der Waals surface area contributed by atoms with Crippen LogP contribution >= 0.6 is 11.6 Å². The summed E-state index contributed by atoms with van der Waals surface area (Å²) < 4.78 is 0. The van der Waals surface area contributed by atoms with E-state index in [1.165, 1.54) is 6.92 Å². The maximum Gasteiger partial charge on any atom is 0.313 e. The molecular formula is C12H15ClN2O3. The van der Waals surface area contributed by atoms with E-state index in [-0.39, 0.29) is 6.54 Å². The molecule has 1 aromatic carbocycles. The summed E-state index contributed by atoms with van der Waals surface area (Å²) in [7, 11) is 0. The molecule has 0 aliphatic heterocycles. The third-order valence-corrected chi connectivity index (χ3v) is 2.60. The van der Waals surface area contributed by atoms with Gasteiger partial charge in [0.2, 0.25) is 0 Å². The molecule has 0 radical (unpaired) electrons. The number of carbonyl (C=O) groups is 2. The molecule has 1 atom stereocenters. The molecule has 0 aliphatic carbocycles. The molecule has 0 heterocycles. The molecule has 0 fully saturated rings. The molecule has 3 N–H and O–H groups in total. The second-order valence-electron chi connectivity index (χ2n) is 3.98. The molecule has 0 spiro atoms. The van der Waals surface area contributed by atoms with E-state index in [1.54, 1.807) is 18.2 Å². The van der Waals surface area contributed by atoms with Crippen molar-refractivity contribution in [3.8, 4) is 0 Å². The molecule has 0 aromatic heterocycles. The number of nitrogens with one attached hydrogen (secondary N) is 2. The minimum Gasteiger partial charge on any atom is -0.392 e. The van der Waals surface area contributed by atoms with Crippen LogP contribution in [0.25, 0.3) is 0 Å². The van der Waals surface area contributed by atoms with Crippen molar-refractivity contribution < 1.29 is 14.7 Å². The summed E-state index contributed by atoms with van der Waals surface area (Å²) in [5.41, 5.74) is 1.33. The molecule has 0 aliphatic rings. The highest BCUT2D eigenvalue weighted by Crippen LogP contribution is 2.19. The molecule has 2 amide bonds. The summed E-state index contributed by atoms with van der Waals surface area (Å²) >= 11 is 5.89. The van der Waals surface area contributed by atoms with Gasteiger partial charge in [-0.2, -0.15) is 0 Å². The topological polar surface area (TPSA) is 78.4 Å². The Morgan fingerprint density at radius 2 is 2.06 bits per heavy atom. The molecular weight excluding hydrogens is 256 g/mol. The first-order chi connectivity index (χ1) is 8.40. The van der Waals surface area contributed by atoms with Gasteiger partial charge in [0.1, 0.15) is 0 Å². The first-order valence-corrected chi connectivity index (χ1v) is 5.81. The Balaban J connectivity index is 2.58. The van der Waals surface area contributed by atoms with Crippen molar-refractivity contribution in [2.24, 2.45) is 0 Å². The van der Waals surface area contributed by atoms with Crippen LogP contribution in [0.15, 0.2) is 18.2 Å². The fourth-order valence-electron chi connectivity index (χ4n) is 1.18. The SMILES string of the molecule is Cc1ccc(NC(=O)C(=O)NC[C@@H](C)O)cc1Cl. The van der Waals surface area contributed by atoms with Crippen LogP contribution in [-0.2, 0) is 9.59 Å². The summed E-state index contributed by atoms with van der Waals surface area (Å²) in [6, 6.07) is 4.96. The lowest BCUT2D eigenvalue weighted by atomic mass is 10.2. The summed E-state index contributed by atoms with van der Waals surface area (Å²) in [6.45, 7) is 3.38. The molecule has 1 aromatic rings. The first-order valence-electron chi connectivity index (χ1n) is 5.43. The number of amides is 2. The standard InChI is InChI=1S/C12H15ClN2O3/c1-7-3-4-9(5-10(7)13)15-12(18)11(17)14-6-8(2)16/h3-5,8,16H,6H2,1-2H3,(H,14,17)(H,15,18)/t8-/m1/s1. The van der Waals surface area contributed by atoms with Gasteiger partial charge in [-0.25, -0.2) is 0 Å². The van der Waals surface area contributed by atoms with Gasteiger partial charge in [-0.3, -0.25) is 9.59 Å². The summed E-state index contributed by atoms with van der Waals surface area (Å²) in [4.78, 5) is 22.8. The monoisotopic (exact) mass is 270 g/mol. The zero-order chi connectivity index (χ0) is 13.7. The lowest BCUT2D eigenvalue weighted by Crippen LogP contribution is -2.38. The van der Waals surface area contributed by atoms with E-state index in [2.05, 4.69) is 10.6 Å². The molecule has 0 bridgehead atoms. The van der Waals surface area contributed by atoms with Gasteiger partial charge in [0.25, 0.3) is 0 Å². The van der Waals surface area contributed by atoms with E-state index in [1.807, 2.05) is 6.92 Å². The highest BCUT2D eigenvalue weighted by molar-refractivity contribution is 6.39. The van der Waals surface area contributed by atoms with Crippen molar-refractivity contribution in [1.82, 2.24) is 5.32 Å². The van der Waals surface area contributed by atoms with E-state index >= 15 is 0 Å². The van der Waals surface area contributed by atoms with Gasteiger partial charge in [0.05, 0.1) is 6.10 Å². The van der Waals surface area contributed by atoms with Gasteiger partial charge in [0, 0.05) is 17.3 Å². The summed E-state index contributed by atoms with van der Waals surface area (Å²) in [5.74, 6) is -1.59. The van der Waals surface area contributed by atoms with Crippen molar-refractivity contribution in [3.63, 3.8) is 0 Å². The van der Waals surface area contributed by atoms with Crippen molar-refractivity contribution in [3.05, 3.63) is 28.8 Å². The molecule has 0 saturated heterocycles. The van der Waals surface area contributed by atoms with Crippen LogP contribution in [0.5, 0.6) is 0 Å². The van der Waals surface area contributed by atoms with Gasteiger partial charge >= 0.3 is 11.8 Å². The minimum atomic E-state index is -0.799. The average molecular weight is 271 g/mol. The highest BCUT2D eigenvalue weighted by atomic mass is 35.5. The van der Waals surface area contributed by atoms with Crippen molar-refractivity contribution in [1.29, 1.82) is 0 Å². The fourth-order valence-corrected chi connectivity index (χ4v) is 1.36. The fraction of sp³-hybridized carbons (Fsp3) is 0.333. The maximum absolute atomic E-state index is 11.5. The van der Waals surface area contributed by atoms with Crippen LogP contribution in [0, 0.1) is 6.92 Å². The number of benzene rings is 1. The van der Waals surface area contributed by atoms with Gasteiger partial charge in [-0.1, -0.05) is 17.7 Å². The quantitative estimate of drug-likeness (QED) is 0.720. The number of anilines is 1. The number of halogens is 1. The van der Waals surface area contributed by atoms with Crippen LogP contribution < -0.4 is 10.6 Å². The smallest absolute Gasteiger partial charge is 0.313 e. The Morgan fingerprint density at radius 3 is 2.61 bits per heavy atom. The van der Waals surface area contributed by atoms with E-state index in [9.17, 15) is 9.59 Å². The van der Waals surface area contributed by atoms with Crippen LogP contribution in [0.1, 0.15) is 12.5 Å². The van der Waals surface area contributed by atoms with Crippen molar-refractivity contribution >= 4 is 29.1 Å². The number of aryl methyl sites for hydroxylation is 1. The normalized spacial score (nSPS) is 11.8. The van der Waals surface area contributed by atoms with E-state index < -0.39 is 17.9 Å². The summed E-state index contributed by atoms with van der Waals surface area (Å²) in [6.07, 6.45) is -0.699. The van der Waals surface area contributed by atoms with Crippen LogP contribution in [0.3, 0.4) is 0 Å². The lowest BCUT2D eigenvalue weighted by molar-refractivity contribution is -0.136. The Morgan fingerprint density at radius 1 is 1.39 bits per heavy atom. The number of carbonyl (C=O) groups excluding carboxylic acids is 2. The molecule has 0 unspecified atom stereocenters. The second kappa shape index (κ2) is 6.37. The average Bonchev–Trinajstić information content (AvgIpc) is 2.30. The van der Waals surface area contributed by atoms with E-state index in [0.29, 0.717) is 10.7 Å². The highest BCUT2D eigenvalue weighted by Gasteiger charge is 2.14. The minimum absolute atomic E-state index is 0.0287. The van der Waals surface area contributed by atoms with Gasteiger partial charge < -0.3 is 15.7 Å². The molecule has 1 rings (SSSR count). The Labute approximate surface area is 110 Å². The van der Waals surface area contributed by atoms with Gasteiger partial charge in [0.15, 0.2) is 0 Å². The molecule has 98 valence electrons. The molecule has 0 saturated carbocycles. The number of aliphatic hydroxyl groups excluding tert-OH is 1. The van der Waals surface area contributed by atoms with Crippen LogP contribution in [0.2, 0.25) is 5.02 Å². The lowest BCUT2D eigenvalue weighted by Gasteiger charge is -2.08. The number of rotatable bonds is 3. The Hall–Kier alpha value is -1.59. The Bertz CT molecular complexity index is 461. The van der Waals surface area contributed by atoms with Gasteiger partial charge in [-0.05, 0) is 31.5 Å². The predicted molar refractivity (Wildman–Crippen MR) is 69.5 cm³/mol. The van der Waals surface area contributed by atoms with Crippen LogP contribution in [-0.4, -0.2) is 29.6 Å². The molecule has 5 nitrogen and oxygen atoms in total. The van der Waals surface area contributed by atoms with Crippen molar-refractivity contribution in [2.75, 3.05) is 11.9 Å².